The Morgan fingerprint density at radius 3 is 2.43 bits per heavy atom. The second-order valence-electron chi connectivity index (χ2n) is 5.62. The highest BCUT2D eigenvalue weighted by molar-refractivity contribution is 5.89. The molecule has 1 aliphatic heterocycles. The SMILES string of the molecule is O=C(OC1C=C(O)CN(Cc2ccccc2)C1)c1ccccc1. The minimum absolute atomic E-state index is 0.234. The molecule has 1 atom stereocenters. The quantitative estimate of drug-likeness (QED) is 0.881. The highest BCUT2D eigenvalue weighted by Gasteiger charge is 2.23. The predicted octanol–water partition coefficient (Wildman–Crippen LogP) is 3.17. The van der Waals surface area contributed by atoms with Gasteiger partial charge in [-0.1, -0.05) is 48.5 Å². The van der Waals surface area contributed by atoms with Crippen molar-refractivity contribution < 1.29 is 14.6 Å². The van der Waals surface area contributed by atoms with Crippen LogP contribution in [0.5, 0.6) is 0 Å². The van der Waals surface area contributed by atoms with Crippen LogP contribution in [0.15, 0.2) is 72.5 Å². The van der Waals surface area contributed by atoms with Crippen molar-refractivity contribution in [3.63, 3.8) is 0 Å². The van der Waals surface area contributed by atoms with Crippen molar-refractivity contribution in [3.05, 3.63) is 83.6 Å². The molecule has 1 N–H and O–H groups in total. The average molecular weight is 309 g/mol. The van der Waals surface area contributed by atoms with Crippen LogP contribution in [0.2, 0.25) is 0 Å². The minimum atomic E-state index is -0.444. The smallest absolute Gasteiger partial charge is 0.338 e. The molecule has 2 aromatic rings. The molecule has 4 heteroatoms. The predicted molar refractivity (Wildman–Crippen MR) is 88.1 cm³/mol. The van der Waals surface area contributed by atoms with E-state index in [-0.39, 0.29) is 11.7 Å². The number of hydrogen-bond donors (Lipinski definition) is 1. The molecular weight excluding hydrogens is 290 g/mol. The normalized spacial score (nSPS) is 18.3. The fraction of sp³-hybridized carbons (Fsp3) is 0.211. The molecule has 0 radical (unpaired) electrons. The van der Waals surface area contributed by atoms with Gasteiger partial charge in [-0.05, 0) is 23.8 Å². The summed E-state index contributed by atoms with van der Waals surface area (Å²) < 4.78 is 5.50. The second-order valence-corrected chi connectivity index (χ2v) is 5.62. The number of ether oxygens (including phenoxy) is 1. The van der Waals surface area contributed by atoms with Crippen LogP contribution in [-0.2, 0) is 11.3 Å². The summed E-state index contributed by atoms with van der Waals surface area (Å²) in [4.78, 5) is 14.2. The average Bonchev–Trinajstić information content (AvgIpc) is 2.56. The lowest BCUT2D eigenvalue weighted by Gasteiger charge is -2.30. The third-order valence-electron chi connectivity index (χ3n) is 3.72. The molecule has 2 aromatic carbocycles. The number of carbonyl (C=O) groups excluding carboxylic acids is 1. The molecule has 0 saturated heterocycles. The van der Waals surface area contributed by atoms with Gasteiger partial charge in [0, 0.05) is 13.1 Å². The third kappa shape index (κ3) is 4.20. The van der Waals surface area contributed by atoms with E-state index < -0.39 is 6.10 Å². The summed E-state index contributed by atoms with van der Waals surface area (Å²) in [5.74, 6) is -0.140. The van der Waals surface area contributed by atoms with Gasteiger partial charge in [0.15, 0.2) is 0 Å². The Morgan fingerprint density at radius 2 is 1.74 bits per heavy atom. The Kier molecular flexibility index (Phi) is 4.74. The molecule has 0 saturated carbocycles. The highest BCUT2D eigenvalue weighted by Crippen LogP contribution is 2.16. The zero-order chi connectivity index (χ0) is 16.1. The summed E-state index contributed by atoms with van der Waals surface area (Å²) in [6.45, 7) is 1.74. The van der Waals surface area contributed by atoms with E-state index in [0.29, 0.717) is 25.2 Å². The summed E-state index contributed by atoms with van der Waals surface area (Å²) in [5, 5.41) is 9.94. The van der Waals surface area contributed by atoms with E-state index in [4.69, 9.17) is 4.74 Å². The van der Waals surface area contributed by atoms with Crippen molar-refractivity contribution in [1.29, 1.82) is 0 Å². The lowest BCUT2D eigenvalue weighted by Crippen LogP contribution is -2.39. The Bertz CT molecular complexity index is 682. The molecule has 4 nitrogen and oxygen atoms in total. The van der Waals surface area contributed by atoms with Gasteiger partial charge >= 0.3 is 5.97 Å². The number of aliphatic hydroxyl groups is 1. The van der Waals surface area contributed by atoms with Crippen LogP contribution in [0.3, 0.4) is 0 Å². The van der Waals surface area contributed by atoms with Crippen molar-refractivity contribution in [2.24, 2.45) is 0 Å². The first kappa shape index (κ1) is 15.3. The van der Waals surface area contributed by atoms with Crippen LogP contribution in [-0.4, -0.2) is 35.2 Å². The fourth-order valence-electron chi connectivity index (χ4n) is 2.68. The third-order valence-corrected chi connectivity index (χ3v) is 3.72. The number of hydrogen-bond acceptors (Lipinski definition) is 4. The maximum absolute atomic E-state index is 12.1. The molecule has 0 fully saturated rings. The molecule has 0 aromatic heterocycles. The Labute approximate surface area is 135 Å². The van der Waals surface area contributed by atoms with Gasteiger partial charge in [-0.2, -0.15) is 0 Å². The zero-order valence-electron chi connectivity index (χ0n) is 12.8. The second kappa shape index (κ2) is 7.11. The largest absolute Gasteiger partial charge is 0.511 e. The van der Waals surface area contributed by atoms with Gasteiger partial charge in [-0.15, -0.1) is 0 Å². The van der Waals surface area contributed by atoms with Gasteiger partial charge in [-0.3, -0.25) is 4.90 Å². The molecule has 0 spiro atoms. The fourth-order valence-corrected chi connectivity index (χ4v) is 2.68. The summed E-state index contributed by atoms with van der Waals surface area (Å²) >= 11 is 0. The topological polar surface area (TPSA) is 49.8 Å². The number of aliphatic hydroxyl groups excluding tert-OH is 1. The van der Waals surface area contributed by atoms with E-state index in [1.807, 2.05) is 36.4 Å². The van der Waals surface area contributed by atoms with Gasteiger partial charge in [-0.25, -0.2) is 4.79 Å². The van der Waals surface area contributed by atoms with Crippen LogP contribution >= 0.6 is 0 Å². The van der Waals surface area contributed by atoms with Crippen molar-refractivity contribution >= 4 is 5.97 Å². The first-order chi connectivity index (χ1) is 11.2. The first-order valence-electron chi connectivity index (χ1n) is 7.62. The molecule has 0 aliphatic carbocycles. The summed E-state index contributed by atoms with van der Waals surface area (Å²) in [5.41, 5.74) is 1.68. The molecule has 0 bridgehead atoms. The molecule has 23 heavy (non-hydrogen) atoms. The van der Waals surface area contributed by atoms with Crippen LogP contribution in [0.4, 0.5) is 0 Å². The standard InChI is InChI=1S/C19H19NO3/c21-17-11-18(23-19(22)16-9-5-2-6-10-16)14-20(13-17)12-15-7-3-1-4-8-15/h1-11,18,21H,12-14H2. The first-order valence-corrected chi connectivity index (χ1v) is 7.62. The highest BCUT2D eigenvalue weighted by atomic mass is 16.5. The van der Waals surface area contributed by atoms with E-state index in [1.54, 1.807) is 30.3 Å². The van der Waals surface area contributed by atoms with Crippen molar-refractivity contribution in [2.45, 2.75) is 12.6 Å². The maximum atomic E-state index is 12.1. The Balaban J connectivity index is 1.64. The van der Waals surface area contributed by atoms with Crippen LogP contribution in [0.1, 0.15) is 15.9 Å². The molecule has 3 rings (SSSR count). The number of carbonyl (C=O) groups is 1. The van der Waals surface area contributed by atoms with Gasteiger partial charge in [0.05, 0.1) is 12.1 Å². The van der Waals surface area contributed by atoms with E-state index >= 15 is 0 Å². The molecule has 1 unspecified atom stereocenters. The van der Waals surface area contributed by atoms with Crippen LogP contribution in [0.25, 0.3) is 0 Å². The summed E-state index contributed by atoms with van der Waals surface area (Å²) in [6.07, 6.45) is 1.17. The zero-order valence-corrected chi connectivity index (χ0v) is 12.8. The van der Waals surface area contributed by atoms with Gasteiger partial charge in [0.1, 0.15) is 11.9 Å². The number of benzene rings is 2. The van der Waals surface area contributed by atoms with Crippen LogP contribution < -0.4 is 0 Å². The van der Waals surface area contributed by atoms with Gasteiger partial charge < -0.3 is 9.84 Å². The number of esters is 1. The molecule has 118 valence electrons. The van der Waals surface area contributed by atoms with Gasteiger partial charge in [0.25, 0.3) is 0 Å². The van der Waals surface area contributed by atoms with E-state index in [1.165, 1.54) is 0 Å². The number of nitrogens with zero attached hydrogens (tertiary/aromatic N) is 1. The Hall–Kier alpha value is -2.59. The Morgan fingerprint density at radius 1 is 1.09 bits per heavy atom. The maximum Gasteiger partial charge on any atom is 0.338 e. The minimum Gasteiger partial charge on any atom is -0.511 e. The number of rotatable bonds is 4. The monoisotopic (exact) mass is 309 g/mol. The van der Waals surface area contributed by atoms with Crippen LogP contribution in [0, 0.1) is 0 Å². The lowest BCUT2D eigenvalue weighted by molar-refractivity contribution is 0.0267. The van der Waals surface area contributed by atoms with Gasteiger partial charge in [0.2, 0.25) is 0 Å². The molecule has 0 amide bonds. The molecular formula is C19H19NO3. The van der Waals surface area contributed by atoms with E-state index in [0.717, 1.165) is 5.56 Å². The lowest BCUT2D eigenvalue weighted by atomic mass is 10.1. The van der Waals surface area contributed by atoms with Crippen molar-refractivity contribution in [1.82, 2.24) is 4.90 Å². The molecule has 1 heterocycles. The summed E-state index contributed by atoms with van der Waals surface area (Å²) in [6, 6.07) is 18.9. The van der Waals surface area contributed by atoms with Crippen molar-refractivity contribution in [2.75, 3.05) is 13.1 Å². The van der Waals surface area contributed by atoms with E-state index in [2.05, 4.69) is 4.90 Å². The van der Waals surface area contributed by atoms with E-state index in [9.17, 15) is 9.90 Å². The van der Waals surface area contributed by atoms with Crippen molar-refractivity contribution in [3.8, 4) is 0 Å². The molecule has 1 aliphatic rings. The summed E-state index contributed by atoms with van der Waals surface area (Å²) in [7, 11) is 0.